The first kappa shape index (κ1) is 14.7. The summed E-state index contributed by atoms with van der Waals surface area (Å²) in [4.78, 5) is 2.62. The van der Waals surface area contributed by atoms with Gasteiger partial charge in [-0.2, -0.15) is 0 Å². The molecule has 0 aliphatic carbocycles. The van der Waals surface area contributed by atoms with E-state index in [-0.39, 0.29) is 11.4 Å². The van der Waals surface area contributed by atoms with Crippen LogP contribution in [-0.2, 0) is 0 Å². The van der Waals surface area contributed by atoms with E-state index in [0.717, 1.165) is 24.0 Å². The molecule has 0 radical (unpaired) electrons. The third-order valence-corrected chi connectivity index (χ3v) is 5.07. The van der Waals surface area contributed by atoms with E-state index in [1.165, 1.54) is 25.1 Å². The third kappa shape index (κ3) is 2.89. The van der Waals surface area contributed by atoms with Crippen molar-refractivity contribution in [2.45, 2.75) is 52.2 Å². The van der Waals surface area contributed by atoms with Crippen LogP contribution in [0, 0.1) is 11.8 Å². The number of hydrogen-bond acceptors (Lipinski definition) is 3. The Morgan fingerprint density at radius 1 is 1.33 bits per heavy atom. The zero-order chi connectivity index (χ0) is 15.2. The first-order valence-corrected chi connectivity index (χ1v) is 8.12. The van der Waals surface area contributed by atoms with Crippen molar-refractivity contribution in [1.29, 1.82) is 0 Å². The molecule has 116 valence electrons. The topological polar surface area (TPSA) is 32.7 Å². The van der Waals surface area contributed by atoms with E-state index >= 15 is 0 Å². The van der Waals surface area contributed by atoms with E-state index in [9.17, 15) is 5.11 Å². The van der Waals surface area contributed by atoms with Crippen LogP contribution in [0.25, 0.3) is 0 Å². The highest BCUT2D eigenvalue weighted by molar-refractivity contribution is 5.44. The fourth-order valence-electron chi connectivity index (χ4n) is 3.77. The van der Waals surface area contributed by atoms with Gasteiger partial charge in [-0.1, -0.05) is 19.9 Å². The van der Waals surface area contributed by atoms with Gasteiger partial charge in [-0.3, -0.25) is 4.90 Å². The summed E-state index contributed by atoms with van der Waals surface area (Å²) in [6.07, 6.45) is 2.30. The first-order valence-electron chi connectivity index (χ1n) is 8.12. The molecule has 0 amide bonds. The Morgan fingerprint density at radius 3 is 2.76 bits per heavy atom. The number of nitrogens with zero attached hydrogens (tertiary/aromatic N) is 1. The van der Waals surface area contributed by atoms with E-state index in [4.69, 9.17) is 4.74 Å². The molecule has 2 aliphatic rings. The second-order valence-corrected chi connectivity index (χ2v) is 7.59. The molecule has 1 fully saturated rings. The van der Waals surface area contributed by atoms with Crippen molar-refractivity contribution in [3.63, 3.8) is 0 Å². The summed E-state index contributed by atoms with van der Waals surface area (Å²) in [5, 5.41) is 9.73. The maximum Gasteiger partial charge on any atom is 0.128 e. The van der Waals surface area contributed by atoms with E-state index in [2.05, 4.69) is 32.6 Å². The summed E-state index contributed by atoms with van der Waals surface area (Å²) < 4.78 is 6.08. The predicted octanol–water partition coefficient (Wildman–Crippen LogP) is 3.97. The number of hydrogen-bond donors (Lipinski definition) is 1. The molecule has 21 heavy (non-hydrogen) atoms. The molecule has 1 aromatic rings. The molecule has 0 bridgehead atoms. The standard InChI is InChI=1S/C18H27NO2/c1-12(2)13-7-8-19(11-13)16-10-18(3,4)21-17-9-14(20)5-6-15(16)17/h5-6,9,12-13,16,20H,7-8,10-11H2,1-4H3. The van der Waals surface area contributed by atoms with Gasteiger partial charge in [-0.15, -0.1) is 0 Å². The SMILES string of the molecule is CC(C)C1CCN(C2CC(C)(C)Oc3cc(O)ccc32)C1. The lowest BCUT2D eigenvalue weighted by atomic mass is 9.88. The highest BCUT2D eigenvalue weighted by Gasteiger charge is 2.39. The van der Waals surface area contributed by atoms with E-state index in [0.29, 0.717) is 6.04 Å². The van der Waals surface area contributed by atoms with Gasteiger partial charge < -0.3 is 9.84 Å². The molecule has 3 rings (SSSR count). The number of rotatable bonds is 2. The highest BCUT2D eigenvalue weighted by Crippen LogP contribution is 2.45. The van der Waals surface area contributed by atoms with Crippen molar-refractivity contribution in [3.05, 3.63) is 23.8 Å². The van der Waals surface area contributed by atoms with Gasteiger partial charge in [0.05, 0.1) is 0 Å². The maximum atomic E-state index is 9.73. The zero-order valence-corrected chi connectivity index (χ0v) is 13.6. The molecule has 2 heterocycles. The van der Waals surface area contributed by atoms with E-state index in [1.54, 1.807) is 12.1 Å². The van der Waals surface area contributed by atoms with Crippen LogP contribution in [0.1, 0.15) is 52.1 Å². The molecule has 0 aromatic heterocycles. The quantitative estimate of drug-likeness (QED) is 0.894. The molecule has 0 spiro atoms. The molecule has 3 nitrogen and oxygen atoms in total. The third-order valence-electron chi connectivity index (χ3n) is 5.07. The van der Waals surface area contributed by atoms with Crippen molar-refractivity contribution in [3.8, 4) is 11.5 Å². The van der Waals surface area contributed by atoms with Crippen LogP contribution in [0.3, 0.4) is 0 Å². The minimum absolute atomic E-state index is 0.179. The Labute approximate surface area is 127 Å². The molecule has 2 aliphatic heterocycles. The number of phenolic OH excluding ortho intramolecular Hbond substituents is 1. The molecule has 1 aromatic carbocycles. The van der Waals surface area contributed by atoms with Gasteiger partial charge in [0.2, 0.25) is 0 Å². The Hall–Kier alpha value is -1.22. The molecule has 3 heteroatoms. The monoisotopic (exact) mass is 289 g/mol. The Kier molecular flexibility index (Phi) is 3.64. The van der Waals surface area contributed by atoms with Gasteiger partial charge in [0, 0.05) is 30.6 Å². The Balaban J connectivity index is 1.89. The van der Waals surface area contributed by atoms with Crippen LogP contribution in [0.5, 0.6) is 11.5 Å². The largest absolute Gasteiger partial charge is 0.508 e. The lowest BCUT2D eigenvalue weighted by Gasteiger charge is -2.41. The number of fused-ring (bicyclic) bond motifs is 1. The minimum Gasteiger partial charge on any atom is -0.508 e. The van der Waals surface area contributed by atoms with Crippen LogP contribution in [0.4, 0.5) is 0 Å². The van der Waals surface area contributed by atoms with Crippen molar-refractivity contribution in [2.75, 3.05) is 13.1 Å². The number of ether oxygens (including phenoxy) is 1. The molecular weight excluding hydrogens is 262 g/mol. The summed E-state index contributed by atoms with van der Waals surface area (Å²) in [5.74, 6) is 2.69. The molecule has 1 saturated heterocycles. The van der Waals surface area contributed by atoms with Crippen molar-refractivity contribution < 1.29 is 9.84 Å². The molecule has 0 saturated carbocycles. The summed E-state index contributed by atoms with van der Waals surface area (Å²) in [6, 6.07) is 5.99. The van der Waals surface area contributed by atoms with Crippen LogP contribution < -0.4 is 4.74 Å². The highest BCUT2D eigenvalue weighted by atomic mass is 16.5. The van der Waals surface area contributed by atoms with Crippen LogP contribution in [0.2, 0.25) is 0 Å². The van der Waals surface area contributed by atoms with E-state index in [1.807, 2.05) is 6.07 Å². The van der Waals surface area contributed by atoms with Crippen molar-refractivity contribution in [1.82, 2.24) is 4.90 Å². The van der Waals surface area contributed by atoms with Gasteiger partial charge >= 0.3 is 0 Å². The fourth-order valence-corrected chi connectivity index (χ4v) is 3.77. The average Bonchev–Trinajstić information content (AvgIpc) is 2.85. The Bertz CT molecular complexity index is 524. The lowest BCUT2D eigenvalue weighted by molar-refractivity contribution is 0.0349. The average molecular weight is 289 g/mol. The van der Waals surface area contributed by atoms with Crippen LogP contribution in [0.15, 0.2) is 18.2 Å². The number of benzene rings is 1. The number of phenols is 1. The lowest BCUT2D eigenvalue weighted by Crippen LogP contribution is -2.40. The summed E-state index contributed by atoms with van der Waals surface area (Å²) in [7, 11) is 0. The van der Waals surface area contributed by atoms with Gasteiger partial charge in [0.25, 0.3) is 0 Å². The normalized spacial score (nSPS) is 28.4. The molecule has 1 N–H and O–H groups in total. The minimum atomic E-state index is -0.179. The zero-order valence-electron chi connectivity index (χ0n) is 13.6. The predicted molar refractivity (Wildman–Crippen MR) is 84.7 cm³/mol. The van der Waals surface area contributed by atoms with Gasteiger partial charge in [0.15, 0.2) is 0 Å². The fraction of sp³-hybridized carbons (Fsp3) is 0.667. The van der Waals surface area contributed by atoms with Crippen molar-refractivity contribution in [2.24, 2.45) is 11.8 Å². The Morgan fingerprint density at radius 2 is 2.10 bits per heavy atom. The number of likely N-dealkylation sites (tertiary alicyclic amines) is 1. The summed E-state index contributed by atoms with van der Waals surface area (Å²) in [5.41, 5.74) is 1.05. The molecule has 2 unspecified atom stereocenters. The molecule has 2 atom stereocenters. The summed E-state index contributed by atoms with van der Waals surface area (Å²) in [6.45, 7) is 11.3. The second-order valence-electron chi connectivity index (χ2n) is 7.59. The molecular formula is C18H27NO2. The van der Waals surface area contributed by atoms with Gasteiger partial charge in [-0.25, -0.2) is 0 Å². The van der Waals surface area contributed by atoms with Crippen molar-refractivity contribution >= 4 is 0 Å². The summed E-state index contributed by atoms with van der Waals surface area (Å²) >= 11 is 0. The first-order chi connectivity index (χ1) is 9.85. The second kappa shape index (κ2) is 5.20. The van der Waals surface area contributed by atoms with Crippen LogP contribution >= 0.6 is 0 Å². The number of aromatic hydroxyl groups is 1. The smallest absolute Gasteiger partial charge is 0.128 e. The maximum absolute atomic E-state index is 9.73. The van der Waals surface area contributed by atoms with E-state index < -0.39 is 0 Å². The van der Waals surface area contributed by atoms with Gasteiger partial charge in [-0.05, 0) is 44.7 Å². The van der Waals surface area contributed by atoms with Crippen LogP contribution in [-0.4, -0.2) is 28.7 Å². The van der Waals surface area contributed by atoms with Gasteiger partial charge in [0.1, 0.15) is 17.1 Å².